The van der Waals surface area contributed by atoms with Crippen LogP contribution in [0.15, 0.2) is 23.3 Å². The molecular formula is C17H22N2O3. The smallest absolute Gasteiger partial charge is 0.243 e. The van der Waals surface area contributed by atoms with E-state index in [0.29, 0.717) is 17.6 Å². The molecule has 0 heterocycles. The zero-order valence-corrected chi connectivity index (χ0v) is 13.0. The Hall–Kier alpha value is -2.04. The molecule has 3 rings (SSSR count). The number of nitrogens with one attached hydrogen (secondary N) is 1. The van der Waals surface area contributed by atoms with Crippen LogP contribution in [0, 0.1) is 17.8 Å². The Morgan fingerprint density at radius 3 is 2.59 bits per heavy atom. The third-order valence-electron chi connectivity index (χ3n) is 4.78. The molecule has 1 aromatic carbocycles. The van der Waals surface area contributed by atoms with E-state index in [-0.39, 0.29) is 11.8 Å². The first kappa shape index (κ1) is 14.9. The topological polar surface area (TPSA) is 59.9 Å². The Bertz CT molecular complexity index is 573. The summed E-state index contributed by atoms with van der Waals surface area (Å²) in [4.78, 5) is 12.1. The van der Waals surface area contributed by atoms with E-state index in [1.807, 2.05) is 12.1 Å². The van der Waals surface area contributed by atoms with Gasteiger partial charge in [0.1, 0.15) is 11.5 Å². The summed E-state index contributed by atoms with van der Waals surface area (Å²) in [5.74, 6) is 2.81. The Labute approximate surface area is 130 Å². The van der Waals surface area contributed by atoms with Gasteiger partial charge in [-0.05, 0) is 36.8 Å². The van der Waals surface area contributed by atoms with Gasteiger partial charge in [0.2, 0.25) is 5.91 Å². The molecular weight excluding hydrogens is 280 g/mol. The predicted molar refractivity (Wildman–Crippen MR) is 84.2 cm³/mol. The van der Waals surface area contributed by atoms with Crippen LogP contribution >= 0.6 is 0 Å². The number of amides is 1. The standard InChI is InChI=1S/C17H22N2O3/c1-21-12-8-7-11(15(9-12)22-2)10-18-19-17(20)16-13-5-3-4-6-14(13)16/h7-10,13-14,16H,3-6H2,1-2H3,(H,19,20)/b18-10+. The summed E-state index contributed by atoms with van der Waals surface area (Å²) in [6, 6.07) is 5.48. The molecule has 2 unspecified atom stereocenters. The van der Waals surface area contributed by atoms with Crippen molar-refractivity contribution in [1.82, 2.24) is 5.43 Å². The molecule has 5 nitrogen and oxygen atoms in total. The molecule has 1 amide bonds. The van der Waals surface area contributed by atoms with Crippen molar-refractivity contribution in [2.75, 3.05) is 14.2 Å². The van der Waals surface area contributed by atoms with Crippen LogP contribution in [0.5, 0.6) is 11.5 Å². The van der Waals surface area contributed by atoms with Crippen molar-refractivity contribution in [1.29, 1.82) is 0 Å². The molecule has 0 aromatic heterocycles. The number of rotatable bonds is 5. The summed E-state index contributed by atoms with van der Waals surface area (Å²) in [5, 5.41) is 4.08. The van der Waals surface area contributed by atoms with Crippen molar-refractivity contribution >= 4 is 12.1 Å². The van der Waals surface area contributed by atoms with Gasteiger partial charge in [0.15, 0.2) is 0 Å². The number of carbonyl (C=O) groups excluding carboxylic acids is 1. The lowest BCUT2D eigenvalue weighted by Crippen LogP contribution is -2.20. The molecule has 0 saturated heterocycles. The number of hydrogen-bond donors (Lipinski definition) is 1. The zero-order valence-electron chi connectivity index (χ0n) is 13.0. The van der Waals surface area contributed by atoms with Gasteiger partial charge in [-0.25, -0.2) is 5.43 Å². The molecule has 22 heavy (non-hydrogen) atoms. The first-order valence-electron chi connectivity index (χ1n) is 7.79. The fourth-order valence-corrected chi connectivity index (χ4v) is 3.55. The van der Waals surface area contributed by atoms with E-state index in [9.17, 15) is 4.79 Å². The lowest BCUT2D eigenvalue weighted by Gasteiger charge is -2.06. The van der Waals surface area contributed by atoms with Gasteiger partial charge in [-0.2, -0.15) is 5.10 Å². The summed E-state index contributed by atoms with van der Waals surface area (Å²) < 4.78 is 10.5. The molecule has 0 aliphatic heterocycles. The van der Waals surface area contributed by atoms with E-state index in [4.69, 9.17) is 9.47 Å². The number of methoxy groups -OCH3 is 2. The normalized spacial score (nSPS) is 26.4. The van der Waals surface area contributed by atoms with E-state index in [2.05, 4.69) is 10.5 Å². The van der Waals surface area contributed by atoms with Gasteiger partial charge in [-0.15, -0.1) is 0 Å². The highest BCUT2D eigenvalue weighted by Gasteiger charge is 2.54. The number of ether oxygens (including phenoxy) is 2. The Morgan fingerprint density at radius 2 is 1.95 bits per heavy atom. The summed E-state index contributed by atoms with van der Waals surface area (Å²) in [6.45, 7) is 0. The largest absolute Gasteiger partial charge is 0.497 e. The van der Waals surface area contributed by atoms with Crippen LogP contribution in [0.1, 0.15) is 31.2 Å². The molecule has 2 aliphatic carbocycles. The monoisotopic (exact) mass is 302 g/mol. The van der Waals surface area contributed by atoms with Crippen LogP contribution < -0.4 is 14.9 Å². The van der Waals surface area contributed by atoms with Gasteiger partial charge in [0.25, 0.3) is 0 Å². The van der Waals surface area contributed by atoms with Gasteiger partial charge in [-0.1, -0.05) is 12.8 Å². The Balaban J connectivity index is 1.59. The highest BCUT2D eigenvalue weighted by Crippen LogP contribution is 2.55. The van der Waals surface area contributed by atoms with Crippen LogP contribution in [0.25, 0.3) is 0 Å². The molecule has 2 atom stereocenters. The maximum atomic E-state index is 12.1. The number of benzene rings is 1. The first-order valence-corrected chi connectivity index (χ1v) is 7.79. The fraction of sp³-hybridized carbons (Fsp3) is 0.529. The van der Waals surface area contributed by atoms with E-state index in [0.717, 1.165) is 11.3 Å². The van der Waals surface area contributed by atoms with E-state index < -0.39 is 0 Å². The Kier molecular flexibility index (Phi) is 4.32. The fourth-order valence-electron chi connectivity index (χ4n) is 3.55. The summed E-state index contributed by atoms with van der Waals surface area (Å²) >= 11 is 0. The maximum Gasteiger partial charge on any atom is 0.243 e. The molecule has 1 aromatic rings. The maximum absolute atomic E-state index is 12.1. The molecule has 2 aliphatic rings. The number of hydrazone groups is 1. The molecule has 1 N–H and O–H groups in total. The summed E-state index contributed by atoms with van der Waals surface area (Å²) in [6.07, 6.45) is 6.52. The lowest BCUT2D eigenvalue weighted by atomic mass is 10.0. The quantitative estimate of drug-likeness (QED) is 0.672. The minimum absolute atomic E-state index is 0.0561. The number of nitrogens with zero attached hydrogens (tertiary/aromatic N) is 1. The van der Waals surface area contributed by atoms with Crippen LogP contribution in [-0.4, -0.2) is 26.3 Å². The SMILES string of the molecule is COc1ccc(/C=N/NC(=O)C2C3CCCCC32)c(OC)c1. The van der Waals surface area contributed by atoms with Crippen molar-refractivity contribution in [3.63, 3.8) is 0 Å². The van der Waals surface area contributed by atoms with E-state index in [1.165, 1.54) is 25.7 Å². The van der Waals surface area contributed by atoms with Gasteiger partial charge >= 0.3 is 0 Å². The van der Waals surface area contributed by atoms with Crippen LogP contribution in [-0.2, 0) is 4.79 Å². The van der Waals surface area contributed by atoms with Gasteiger partial charge in [-0.3, -0.25) is 4.79 Å². The molecule has 5 heteroatoms. The highest BCUT2D eigenvalue weighted by atomic mass is 16.5. The van der Waals surface area contributed by atoms with E-state index in [1.54, 1.807) is 26.5 Å². The molecule has 0 bridgehead atoms. The number of fused-ring (bicyclic) bond motifs is 1. The van der Waals surface area contributed by atoms with Gasteiger partial charge in [0, 0.05) is 17.5 Å². The second kappa shape index (κ2) is 6.38. The molecule has 118 valence electrons. The average molecular weight is 302 g/mol. The van der Waals surface area contributed by atoms with Crippen LogP contribution in [0.2, 0.25) is 0 Å². The first-order chi connectivity index (χ1) is 10.7. The third-order valence-corrected chi connectivity index (χ3v) is 4.78. The van der Waals surface area contributed by atoms with Gasteiger partial charge < -0.3 is 9.47 Å². The number of carbonyl (C=O) groups is 1. The van der Waals surface area contributed by atoms with E-state index >= 15 is 0 Å². The minimum atomic E-state index is 0.0561. The number of hydrogen-bond acceptors (Lipinski definition) is 4. The van der Waals surface area contributed by atoms with Crippen molar-refractivity contribution in [2.24, 2.45) is 22.9 Å². The van der Waals surface area contributed by atoms with Crippen LogP contribution in [0.3, 0.4) is 0 Å². The van der Waals surface area contributed by atoms with Crippen molar-refractivity contribution < 1.29 is 14.3 Å². The molecule has 0 spiro atoms. The lowest BCUT2D eigenvalue weighted by molar-refractivity contribution is -0.122. The van der Waals surface area contributed by atoms with Crippen molar-refractivity contribution in [3.05, 3.63) is 23.8 Å². The zero-order chi connectivity index (χ0) is 15.5. The minimum Gasteiger partial charge on any atom is -0.497 e. The molecule has 0 radical (unpaired) electrons. The average Bonchev–Trinajstić information content (AvgIpc) is 3.29. The third kappa shape index (κ3) is 2.93. The summed E-state index contributed by atoms with van der Waals surface area (Å²) in [7, 11) is 3.21. The van der Waals surface area contributed by atoms with Gasteiger partial charge in [0.05, 0.1) is 20.4 Å². The second-order valence-corrected chi connectivity index (χ2v) is 5.98. The predicted octanol–water partition coefficient (Wildman–Crippen LogP) is 2.59. The molecule has 2 saturated carbocycles. The van der Waals surface area contributed by atoms with Crippen molar-refractivity contribution in [3.8, 4) is 11.5 Å². The highest BCUT2D eigenvalue weighted by molar-refractivity contribution is 5.87. The molecule has 2 fully saturated rings. The van der Waals surface area contributed by atoms with Crippen LogP contribution in [0.4, 0.5) is 0 Å². The Morgan fingerprint density at radius 1 is 1.23 bits per heavy atom. The van der Waals surface area contributed by atoms with Crippen molar-refractivity contribution in [2.45, 2.75) is 25.7 Å². The summed E-state index contributed by atoms with van der Waals surface area (Å²) in [5.41, 5.74) is 3.48. The second-order valence-electron chi connectivity index (χ2n) is 5.98.